The molecule has 3 rings (SSSR count). The molecule has 0 spiro atoms. The van der Waals surface area contributed by atoms with Crippen molar-refractivity contribution in [1.82, 2.24) is 10.3 Å². The first kappa shape index (κ1) is 24.1. The number of benzene rings is 1. The molecule has 3 nitrogen and oxygen atoms in total. The zero-order valence-electron chi connectivity index (χ0n) is 18.3. The van der Waals surface area contributed by atoms with E-state index in [-0.39, 0.29) is 18.8 Å². The van der Waals surface area contributed by atoms with Crippen LogP contribution in [0, 0.1) is 12.8 Å². The maximum atomic E-state index is 13.7. The lowest BCUT2D eigenvalue weighted by Crippen LogP contribution is -2.37. The highest BCUT2D eigenvalue weighted by Gasteiger charge is 2.38. The monoisotopic (exact) mass is 453 g/mol. The summed E-state index contributed by atoms with van der Waals surface area (Å²) in [5, 5.41) is 3.23. The van der Waals surface area contributed by atoms with Crippen LogP contribution in [0.4, 0.5) is 22.0 Å². The van der Waals surface area contributed by atoms with Crippen molar-refractivity contribution < 1.29 is 22.0 Å². The molecule has 0 saturated heterocycles. The summed E-state index contributed by atoms with van der Waals surface area (Å²) in [6.07, 6.45) is -1.31. The molecule has 1 aliphatic rings. The Labute approximate surface area is 185 Å². The van der Waals surface area contributed by atoms with Crippen molar-refractivity contribution in [2.45, 2.75) is 64.1 Å². The van der Waals surface area contributed by atoms with Gasteiger partial charge < -0.3 is 5.32 Å². The van der Waals surface area contributed by atoms with Gasteiger partial charge in [0.2, 0.25) is 5.92 Å². The normalized spacial score (nSPS) is 19.1. The SMILES string of the molecule is CN=C(NCc1ccc(CCc2ccc(C(F)(F)F)cn2)c(C)c1)C1CCCC(F)(F)C1. The molecule has 1 saturated carbocycles. The minimum atomic E-state index is -4.38. The molecule has 1 aromatic carbocycles. The number of halogens is 5. The molecule has 174 valence electrons. The second kappa shape index (κ2) is 9.96. The number of nitrogens with one attached hydrogen (secondary N) is 1. The predicted molar refractivity (Wildman–Crippen MR) is 115 cm³/mol. The van der Waals surface area contributed by atoms with Crippen LogP contribution >= 0.6 is 0 Å². The van der Waals surface area contributed by atoms with Crippen molar-refractivity contribution in [3.8, 4) is 0 Å². The molecular formula is C24H28F5N3. The Balaban J connectivity index is 1.55. The van der Waals surface area contributed by atoms with Crippen molar-refractivity contribution in [2.24, 2.45) is 10.9 Å². The van der Waals surface area contributed by atoms with Crippen LogP contribution in [-0.4, -0.2) is 23.8 Å². The Kier molecular flexibility index (Phi) is 7.51. The molecule has 1 fully saturated rings. The van der Waals surface area contributed by atoms with Crippen molar-refractivity contribution in [3.05, 3.63) is 64.5 Å². The molecule has 32 heavy (non-hydrogen) atoms. The van der Waals surface area contributed by atoms with Crippen molar-refractivity contribution in [2.75, 3.05) is 7.05 Å². The lowest BCUT2D eigenvalue weighted by atomic mass is 9.85. The second-order valence-electron chi connectivity index (χ2n) is 8.41. The Morgan fingerprint density at radius 1 is 1.19 bits per heavy atom. The average Bonchev–Trinajstić information content (AvgIpc) is 2.72. The molecule has 1 aliphatic carbocycles. The topological polar surface area (TPSA) is 37.3 Å². The van der Waals surface area contributed by atoms with E-state index in [4.69, 9.17) is 0 Å². The van der Waals surface area contributed by atoms with Gasteiger partial charge in [0.05, 0.1) is 11.4 Å². The number of pyridine rings is 1. The van der Waals surface area contributed by atoms with Crippen LogP contribution in [0.5, 0.6) is 0 Å². The van der Waals surface area contributed by atoms with Crippen LogP contribution in [0.2, 0.25) is 0 Å². The predicted octanol–water partition coefficient (Wildman–Crippen LogP) is 6.14. The summed E-state index contributed by atoms with van der Waals surface area (Å²) in [5.41, 5.74) is 3.03. The van der Waals surface area contributed by atoms with Crippen molar-refractivity contribution >= 4 is 5.84 Å². The van der Waals surface area contributed by atoms with Gasteiger partial charge in [-0.1, -0.05) is 18.2 Å². The summed E-state index contributed by atoms with van der Waals surface area (Å²) >= 11 is 0. The summed E-state index contributed by atoms with van der Waals surface area (Å²) in [6.45, 7) is 2.48. The summed E-state index contributed by atoms with van der Waals surface area (Å²) < 4.78 is 65.4. The van der Waals surface area contributed by atoms with Gasteiger partial charge in [-0.15, -0.1) is 0 Å². The minimum absolute atomic E-state index is 0.0524. The van der Waals surface area contributed by atoms with Gasteiger partial charge >= 0.3 is 6.18 Å². The third-order valence-corrected chi connectivity index (χ3v) is 5.95. The lowest BCUT2D eigenvalue weighted by molar-refractivity contribution is -0.137. The standard InChI is InChI=1S/C24H28F5N3/c1-16-12-17(14-32-22(30-2)19-4-3-11-23(25,26)13-19)5-6-18(16)7-9-21-10-8-20(15-31-21)24(27,28)29/h5-6,8,10,12,15,19H,3-4,7,9,11,13-14H2,1-2H3,(H,30,32). The molecule has 1 atom stereocenters. The van der Waals surface area contributed by atoms with E-state index in [1.807, 2.05) is 25.1 Å². The Morgan fingerprint density at radius 2 is 1.97 bits per heavy atom. The third-order valence-electron chi connectivity index (χ3n) is 5.95. The van der Waals surface area contributed by atoms with E-state index >= 15 is 0 Å². The van der Waals surface area contributed by atoms with Crippen LogP contribution in [-0.2, 0) is 25.6 Å². The van der Waals surface area contributed by atoms with Gasteiger partial charge in [0, 0.05) is 44.2 Å². The van der Waals surface area contributed by atoms with E-state index < -0.39 is 17.7 Å². The number of aliphatic imine (C=N–C) groups is 1. The lowest BCUT2D eigenvalue weighted by Gasteiger charge is -2.30. The molecule has 1 unspecified atom stereocenters. The van der Waals surface area contributed by atoms with Gasteiger partial charge in [-0.25, -0.2) is 8.78 Å². The fourth-order valence-corrected chi connectivity index (χ4v) is 4.15. The maximum Gasteiger partial charge on any atom is 0.417 e. The number of rotatable bonds is 6. The summed E-state index contributed by atoms with van der Waals surface area (Å²) in [6, 6.07) is 8.47. The van der Waals surface area contributed by atoms with Crippen LogP contribution in [0.15, 0.2) is 41.5 Å². The summed E-state index contributed by atoms with van der Waals surface area (Å²) in [5.74, 6) is -2.25. The number of alkyl halides is 5. The van der Waals surface area contributed by atoms with Gasteiger partial charge in [0.25, 0.3) is 0 Å². The summed E-state index contributed by atoms with van der Waals surface area (Å²) in [4.78, 5) is 8.14. The molecule has 1 aromatic heterocycles. The zero-order chi connectivity index (χ0) is 23.4. The highest BCUT2D eigenvalue weighted by atomic mass is 19.4. The van der Waals surface area contributed by atoms with Gasteiger partial charge in [0.1, 0.15) is 0 Å². The van der Waals surface area contributed by atoms with Gasteiger partial charge in [-0.05, 0) is 61.4 Å². The van der Waals surface area contributed by atoms with Gasteiger partial charge in [-0.3, -0.25) is 9.98 Å². The first-order chi connectivity index (χ1) is 15.1. The van der Waals surface area contributed by atoms with E-state index in [1.165, 1.54) is 6.07 Å². The second-order valence-corrected chi connectivity index (χ2v) is 8.41. The molecule has 2 aromatic rings. The Bertz CT molecular complexity index is 936. The molecular weight excluding hydrogens is 425 g/mol. The average molecular weight is 453 g/mol. The van der Waals surface area contributed by atoms with E-state index in [2.05, 4.69) is 15.3 Å². The Morgan fingerprint density at radius 3 is 2.56 bits per heavy atom. The van der Waals surface area contributed by atoms with E-state index in [0.717, 1.165) is 29.0 Å². The van der Waals surface area contributed by atoms with Gasteiger partial charge in [0.15, 0.2) is 0 Å². The van der Waals surface area contributed by atoms with Crippen LogP contribution < -0.4 is 5.32 Å². The molecule has 8 heteroatoms. The third kappa shape index (κ3) is 6.50. The molecule has 0 bridgehead atoms. The quantitative estimate of drug-likeness (QED) is 0.324. The molecule has 1 heterocycles. The fraction of sp³-hybridized carbons (Fsp3) is 0.500. The molecule has 0 radical (unpaired) electrons. The number of aryl methyl sites for hydroxylation is 3. The van der Waals surface area contributed by atoms with Crippen molar-refractivity contribution in [1.29, 1.82) is 0 Å². The summed E-state index contributed by atoms with van der Waals surface area (Å²) in [7, 11) is 1.62. The van der Waals surface area contributed by atoms with Crippen LogP contribution in [0.1, 0.15) is 53.6 Å². The van der Waals surface area contributed by atoms with E-state index in [9.17, 15) is 22.0 Å². The largest absolute Gasteiger partial charge is 0.417 e. The number of amidine groups is 1. The molecule has 1 N–H and O–H groups in total. The number of nitrogens with zero attached hydrogens (tertiary/aromatic N) is 2. The first-order valence-corrected chi connectivity index (χ1v) is 10.8. The van der Waals surface area contributed by atoms with E-state index in [0.29, 0.717) is 43.8 Å². The molecule has 0 amide bonds. The Hall–Kier alpha value is -2.51. The first-order valence-electron chi connectivity index (χ1n) is 10.8. The highest BCUT2D eigenvalue weighted by molar-refractivity contribution is 5.84. The number of hydrogen-bond donors (Lipinski definition) is 1. The fourth-order valence-electron chi connectivity index (χ4n) is 4.15. The van der Waals surface area contributed by atoms with E-state index in [1.54, 1.807) is 7.05 Å². The van der Waals surface area contributed by atoms with Crippen molar-refractivity contribution in [3.63, 3.8) is 0 Å². The van der Waals surface area contributed by atoms with Crippen LogP contribution in [0.25, 0.3) is 0 Å². The smallest absolute Gasteiger partial charge is 0.370 e. The highest BCUT2D eigenvalue weighted by Crippen LogP contribution is 2.37. The molecule has 0 aliphatic heterocycles. The minimum Gasteiger partial charge on any atom is -0.370 e. The maximum absolute atomic E-state index is 13.7. The van der Waals surface area contributed by atoms with Gasteiger partial charge in [-0.2, -0.15) is 13.2 Å². The number of hydrogen-bond acceptors (Lipinski definition) is 2. The zero-order valence-corrected chi connectivity index (χ0v) is 18.3. The number of aromatic nitrogens is 1. The van der Waals surface area contributed by atoms with Crippen LogP contribution in [0.3, 0.4) is 0 Å².